The van der Waals surface area contributed by atoms with Crippen LogP contribution < -0.4 is 10.6 Å². The maximum Gasteiger partial charge on any atom is 0.134 e. The average molecular weight is 220 g/mol. The van der Waals surface area contributed by atoms with E-state index in [2.05, 4.69) is 28.7 Å². The van der Waals surface area contributed by atoms with Gasteiger partial charge in [-0.1, -0.05) is 13.8 Å². The minimum atomic E-state index is 0.462. The molecular weight excluding hydrogens is 200 g/mol. The van der Waals surface area contributed by atoms with E-state index in [1.165, 1.54) is 12.8 Å². The Morgan fingerprint density at radius 3 is 2.44 bits per heavy atom. The smallest absolute Gasteiger partial charge is 0.134 e. The van der Waals surface area contributed by atoms with Crippen molar-refractivity contribution in [2.24, 2.45) is 5.41 Å². The van der Waals surface area contributed by atoms with Crippen molar-refractivity contribution in [2.75, 3.05) is 23.7 Å². The number of hydrogen-bond acceptors (Lipinski definition) is 4. The summed E-state index contributed by atoms with van der Waals surface area (Å²) in [6, 6.07) is 1.87. The highest BCUT2D eigenvalue weighted by Gasteiger charge is 2.26. The van der Waals surface area contributed by atoms with E-state index in [1.807, 2.05) is 13.0 Å². The fourth-order valence-corrected chi connectivity index (χ4v) is 2.08. The number of aryl methyl sites for hydroxylation is 1. The minimum absolute atomic E-state index is 0.462. The van der Waals surface area contributed by atoms with Crippen molar-refractivity contribution in [2.45, 2.75) is 33.6 Å². The standard InChI is InChI=1S/C12H20N4/c1-9-14-10(13)8-11(15-9)16-6-4-12(2,3)5-7-16/h8H,4-7H2,1-3H3,(H2,13,14,15). The normalized spacial score (nSPS) is 19.8. The van der Waals surface area contributed by atoms with Crippen LogP contribution in [0.3, 0.4) is 0 Å². The molecule has 1 aliphatic rings. The largest absolute Gasteiger partial charge is 0.384 e. The zero-order chi connectivity index (χ0) is 11.8. The molecule has 0 bridgehead atoms. The molecule has 16 heavy (non-hydrogen) atoms. The molecule has 0 unspecified atom stereocenters. The van der Waals surface area contributed by atoms with Crippen LogP contribution in [0.2, 0.25) is 0 Å². The van der Waals surface area contributed by atoms with Crippen molar-refractivity contribution in [1.82, 2.24) is 9.97 Å². The van der Waals surface area contributed by atoms with Gasteiger partial charge in [-0.2, -0.15) is 0 Å². The van der Waals surface area contributed by atoms with Crippen molar-refractivity contribution < 1.29 is 0 Å². The molecule has 4 nitrogen and oxygen atoms in total. The van der Waals surface area contributed by atoms with Gasteiger partial charge >= 0.3 is 0 Å². The fourth-order valence-electron chi connectivity index (χ4n) is 2.08. The third-order valence-electron chi connectivity index (χ3n) is 3.29. The summed E-state index contributed by atoms with van der Waals surface area (Å²) in [6.07, 6.45) is 2.41. The Labute approximate surface area is 96.9 Å². The molecule has 0 atom stereocenters. The van der Waals surface area contributed by atoms with Crippen molar-refractivity contribution in [3.63, 3.8) is 0 Å². The van der Waals surface area contributed by atoms with E-state index in [1.54, 1.807) is 0 Å². The molecule has 0 radical (unpaired) electrons. The lowest BCUT2D eigenvalue weighted by Crippen LogP contribution is -2.37. The van der Waals surface area contributed by atoms with Crippen molar-refractivity contribution in [3.05, 3.63) is 11.9 Å². The number of aromatic nitrogens is 2. The molecule has 2 rings (SSSR count). The molecule has 1 aromatic heterocycles. The second-order valence-electron chi connectivity index (χ2n) is 5.35. The number of rotatable bonds is 1. The van der Waals surface area contributed by atoms with Gasteiger partial charge in [0.05, 0.1) is 0 Å². The lowest BCUT2D eigenvalue weighted by atomic mass is 9.83. The summed E-state index contributed by atoms with van der Waals surface area (Å²) >= 11 is 0. The number of hydrogen-bond donors (Lipinski definition) is 1. The van der Waals surface area contributed by atoms with E-state index in [0.29, 0.717) is 11.2 Å². The molecule has 4 heteroatoms. The van der Waals surface area contributed by atoms with Crippen molar-refractivity contribution in [3.8, 4) is 0 Å². The van der Waals surface area contributed by atoms with E-state index in [9.17, 15) is 0 Å². The number of anilines is 2. The summed E-state index contributed by atoms with van der Waals surface area (Å²) < 4.78 is 0. The summed E-state index contributed by atoms with van der Waals surface area (Å²) in [5, 5.41) is 0. The van der Waals surface area contributed by atoms with Crippen LogP contribution in [-0.2, 0) is 0 Å². The molecule has 0 spiro atoms. The molecule has 0 amide bonds. The lowest BCUT2D eigenvalue weighted by molar-refractivity contribution is 0.279. The zero-order valence-electron chi connectivity index (χ0n) is 10.3. The summed E-state index contributed by atoms with van der Waals surface area (Å²) in [4.78, 5) is 10.8. The maximum absolute atomic E-state index is 5.74. The Morgan fingerprint density at radius 1 is 1.25 bits per heavy atom. The van der Waals surface area contributed by atoms with Gasteiger partial charge in [0.15, 0.2) is 0 Å². The highest BCUT2D eigenvalue weighted by atomic mass is 15.2. The van der Waals surface area contributed by atoms with Crippen LogP contribution in [0.5, 0.6) is 0 Å². The minimum Gasteiger partial charge on any atom is -0.384 e. The summed E-state index contributed by atoms with van der Waals surface area (Å²) in [7, 11) is 0. The molecule has 0 aromatic carbocycles. The second kappa shape index (κ2) is 3.92. The molecule has 2 N–H and O–H groups in total. The molecular formula is C12H20N4. The van der Waals surface area contributed by atoms with Gasteiger partial charge in [-0.25, -0.2) is 9.97 Å². The monoisotopic (exact) mass is 220 g/mol. The molecule has 88 valence electrons. The molecule has 2 heterocycles. The van der Waals surface area contributed by atoms with Crippen LogP contribution in [-0.4, -0.2) is 23.1 Å². The Morgan fingerprint density at radius 2 is 1.88 bits per heavy atom. The van der Waals surface area contributed by atoms with E-state index in [-0.39, 0.29) is 0 Å². The Balaban J connectivity index is 2.14. The van der Waals surface area contributed by atoms with Gasteiger partial charge in [0.25, 0.3) is 0 Å². The first-order valence-electron chi connectivity index (χ1n) is 5.82. The highest BCUT2D eigenvalue weighted by Crippen LogP contribution is 2.31. The maximum atomic E-state index is 5.74. The molecule has 1 aromatic rings. The van der Waals surface area contributed by atoms with Gasteiger partial charge in [-0.3, -0.25) is 0 Å². The topological polar surface area (TPSA) is 55.0 Å². The summed E-state index contributed by atoms with van der Waals surface area (Å²) in [5.74, 6) is 2.28. The van der Waals surface area contributed by atoms with Crippen LogP contribution in [0, 0.1) is 12.3 Å². The van der Waals surface area contributed by atoms with Gasteiger partial charge in [-0.15, -0.1) is 0 Å². The first-order chi connectivity index (χ1) is 7.46. The molecule has 0 saturated carbocycles. The van der Waals surface area contributed by atoms with Gasteiger partial charge < -0.3 is 10.6 Å². The Kier molecular flexibility index (Phi) is 2.74. The molecule has 1 fully saturated rings. The van der Waals surface area contributed by atoms with Crippen LogP contribution in [0.15, 0.2) is 6.07 Å². The molecule has 1 saturated heterocycles. The van der Waals surface area contributed by atoms with E-state index in [0.717, 1.165) is 24.7 Å². The van der Waals surface area contributed by atoms with Gasteiger partial charge in [0.1, 0.15) is 17.5 Å². The van der Waals surface area contributed by atoms with Crippen LogP contribution in [0.4, 0.5) is 11.6 Å². The predicted molar refractivity (Wildman–Crippen MR) is 66.4 cm³/mol. The number of nitrogens with two attached hydrogens (primary N) is 1. The second-order valence-corrected chi connectivity index (χ2v) is 5.35. The van der Waals surface area contributed by atoms with Crippen LogP contribution in [0.25, 0.3) is 0 Å². The fraction of sp³-hybridized carbons (Fsp3) is 0.667. The lowest BCUT2D eigenvalue weighted by Gasteiger charge is -2.37. The van der Waals surface area contributed by atoms with E-state index < -0.39 is 0 Å². The average Bonchev–Trinajstić information content (AvgIpc) is 2.15. The number of piperidine rings is 1. The van der Waals surface area contributed by atoms with Crippen LogP contribution >= 0.6 is 0 Å². The van der Waals surface area contributed by atoms with E-state index >= 15 is 0 Å². The zero-order valence-corrected chi connectivity index (χ0v) is 10.3. The van der Waals surface area contributed by atoms with Gasteiger partial charge in [-0.05, 0) is 25.2 Å². The molecule has 0 aliphatic carbocycles. The van der Waals surface area contributed by atoms with E-state index in [4.69, 9.17) is 5.73 Å². The Bertz CT molecular complexity index is 356. The SMILES string of the molecule is Cc1nc(N)cc(N2CCC(C)(C)CC2)n1. The summed E-state index contributed by atoms with van der Waals surface area (Å²) in [5.41, 5.74) is 6.20. The van der Waals surface area contributed by atoms with Crippen molar-refractivity contribution in [1.29, 1.82) is 0 Å². The highest BCUT2D eigenvalue weighted by molar-refractivity contribution is 5.47. The Hall–Kier alpha value is -1.32. The van der Waals surface area contributed by atoms with Gasteiger partial charge in [0, 0.05) is 19.2 Å². The number of nitrogens with zero attached hydrogens (tertiary/aromatic N) is 3. The quantitative estimate of drug-likeness (QED) is 0.786. The number of nitrogen functional groups attached to an aromatic ring is 1. The summed E-state index contributed by atoms with van der Waals surface area (Å²) in [6.45, 7) is 8.65. The first-order valence-corrected chi connectivity index (χ1v) is 5.82. The predicted octanol–water partition coefficient (Wildman–Crippen LogP) is 1.99. The van der Waals surface area contributed by atoms with Crippen LogP contribution in [0.1, 0.15) is 32.5 Å². The van der Waals surface area contributed by atoms with Crippen molar-refractivity contribution >= 4 is 11.6 Å². The first kappa shape index (κ1) is 11.2. The third-order valence-corrected chi connectivity index (χ3v) is 3.29. The van der Waals surface area contributed by atoms with Gasteiger partial charge in [0.2, 0.25) is 0 Å². The molecule has 1 aliphatic heterocycles. The third kappa shape index (κ3) is 2.43.